The molecule has 4 atom stereocenters. The van der Waals surface area contributed by atoms with Gasteiger partial charge in [-0.3, -0.25) is 9.59 Å². The Kier molecular flexibility index (Phi) is 4.37. The van der Waals surface area contributed by atoms with Crippen LogP contribution in [0.25, 0.3) is 0 Å². The maximum Gasteiger partial charge on any atom is 0.325 e. The van der Waals surface area contributed by atoms with Crippen LogP contribution in [0.5, 0.6) is 0 Å². The number of amides is 1. The van der Waals surface area contributed by atoms with E-state index in [9.17, 15) is 9.59 Å². The van der Waals surface area contributed by atoms with Gasteiger partial charge in [-0.05, 0) is 31.1 Å². The molecule has 4 N–H and O–H groups in total. The summed E-state index contributed by atoms with van der Waals surface area (Å²) in [4.78, 5) is 22.9. The van der Waals surface area contributed by atoms with Crippen LogP contribution in [-0.4, -0.2) is 29.1 Å². The molecule has 1 fully saturated rings. The van der Waals surface area contributed by atoms with Gasteiger partial charge < -0.3 is 16.2 Å². The Morgan fingerprint density at radius 1 is 1.39 bits per heavy atom. The van der Waals surface area contributed by atoms with Gasteiger partial charge in [0, 0.05) is 12.0 Å². The van der Waals surface area contributed by atoms with E-state index in [0.717, 1.165) is 12.8 Å². The second kappa shape index (κ2) is 5.26. The Hall–Kier alpha value is -1.10. The van der Waals surface area contributed by atoms with Crippen molar-refractivity contribution in [2.75, 3.05) is 0 Å². The van der Waals surface area contributed by atoms with Gasteiger partial charge in [0.05, 0.1) is 0 Å². The molecule has 18 heavy (non-hydrogen) atoms. The van der Waals surface area contributed by atoms with Gasteiger partial charge in [0.25, 0.3) is 0 Å². The molecule has 1 rings (SSSR count). The van der Waals surface area contributed by atoms with E-state index in [1.165, 1.54) is 6.92 Å². The smallest absolute Gasteiger partial charge is 0.325 e. The van der Waals surface area contributed by atoms with Crippen LogP contribution in [0, 0.1) is 17.3 Å². The minimum atomic E-state index is -1.01. The highest BCUT2D eigenvalue weighted by Crippen LogP contribution is 2.44. The van der Waals surface area contributed by atoms with E-state index in [-0.39, 0.29) is 29.2 Å². The molecule has 5 nitrogen and oxygen atoms in total. The molecule has 5 heteroatoms. The van der Waals surface area contributed by atoms with Crippen molar-refractivity contribution in [2.45, 2.75) is 52.6 Å². The van der Waals surface area contributed by atoms with Gasteiger partial charge >= 0.3 is 5.97 Å². The van der Waals surface area contributed by atoms with E-state index in [1.54, 1.807) is 0 Å². The van der Waals surface area contributed by atoms with Crippen LogP contribution >= 0.6 is 0 Å². The lowest BCUT2D eigenvalue weighted by molar-refractivity contribution is -0.143. The molecular formula is C13H24N2O3. The lowest BCUT2D eigenvalue weighted by Crippen LogP contribution is -2.53. The molecule has 0 aromatic carbocycles. The van der Waals surface area contributed by atoms with E-state index >= 15 is 0 Å². The standard InChI is InChI=1S/C13H24N2O3/c1-7-10(14)6-5-9(13(7,3)4)11(16)15-8(2)12(17)18/h7-10H,5-6,14H2,1-4H3,(H,15,16)(H,17,18)/t7?,8-,9?,10?/m0/s1. The number of carbonyl (C=O) groups excluding carboxylic acids is 1. The molecule has 3 unspecified atom stereocenters. The minimum absolute atomic E-state index is 0.112. The molecule has 1 saturated carbocycles. The summed E-state index contributed by atoms with van der Waals surface area (Å²) in [5.74, 6) is -1.12. The number of nitrogens with one attached hydrogen (secondary N) is 1. The number of rotatable bonds is 3. The van der Waals surface area contributed by atoms with E-state index in [1.807, 2.05) is 13.8 Å². The third-order valence-corrected chi connectivity index (χ3v) is 4.55. The summed E-state index contributed by atoms with van der Waals surface area (Å²) < 4.78 is 0. The summed E-state index contributed by atoms with van der Waals surface area (Å²) in [5.41, 5.74) is 5.83. The Labute approximate surface area is 108 Å². The fourth-order valence-corrected chi connectivity index (χ4v) is 2.69. The number of carboxylic acids is 1. The summed E-state index contributed by atoms with van der Waals surface area (Å²) in [6.07, 6.45) is 1.53. The topological polar surface area (TPSA) is 92.4 Å². The fourth-order valence-electron chi connectivity index (χ4n) is 2.69. The Morgan fingerprint density at radius 3 is 2.44 bits per heavy atom. The fraction of sp³-hybridized carbons (Fsp3) is 0.846. The molecule has 1 aliphatic rings. The van der Waals surface area contributed by atoms with Crippen LogP contribution in [0.4, 0.5) is 0 Å². The zero-order valence-corrected chi connectivity index (χ0v) is 11.6. The first-order valence-corrected chi connectivity index (χ1v) is 6.46. The van der Waals surface area contributed by atoms with Crippen LogP contribution < -0.4 is 11.1 Å². The first kappa shape index (κ1) is 15.0. The summed E-state index contributed by atoms with van der Waals surface area (Å²) in [7, 11) is 0. The van der Waals surface area contributed by atoms with Gasteiger partial charge in [0.2, 0.25) is 5.91 Å². The van der Waals surface area contributed by atoms with Gasteiger partial charge in [0.15, 0.2) is 0 Å². The molecule has 0 spiro atoms. The Balaban J connectivity index is 2.77. The lowest BCUT2D eigenvalue weighted by atomic mass is 9.61. The highest BCUT2D eigenvalue weighted by atomic mass is 16.4. The summed E-state index contributed by atoms with van der Waals surface area (Å²) in [5, 5.41) is 11.4. The first-order chi connectivity index (χ1) is 8.17. The van der Waals surface area contributed by atoms with E-state index < -0.39 is 12.0 Å². The SMILES string of the molecule is CC1C(N)CCC(C(=O)N[C@@H](C)C(=O)O)C1(C)C. The number of carboxylic acid groups (broad SMARTS) is 1. The normalized spacial score (nSPS) is 32.6. The third kappa shape index (κ3) is 2.83. The minimum Gasteiger partial charge on any atom is -0.480 e. The Bertz CT molecular complexity index is 341. The molecular weight excluding hydrogens is 232 g/mol. The van der Waals surface area contributed by atoms with Crippen molar-refractivity contribution in [1.82, 2.24) is 5.32 Å². The Morgan fingerprint density at radius 2 is 1.94 bits per heavy atom. The van der Waals surface area contributed by atoms with Gasteiger partial charge in [-0.1, -0.05) is 20.8 Å². The zero-order valence-electron chi connectivity index (χ0n) is 11.6. The zero-order chi connectivity index (χ0) is 14.1. The van der Waals surface area contributed by atoms with Crippen molar-refractivity contribution >= 4 is 11.9 Å². The van der Waals surface area contributed by atoms with Crippen LogP contribution in [0.3, 0.4) is 0 Å². The molecule has 0 aromatic rings. The van der Waals surface area contributed by atoms with Crippen molar-refractivity contribution in [3.63, 3.8) is 0 Å². The molecule has 1 aliphatic carbocycles. The van der Waals surface area contributed by atoms with E-state index in [2.05, 4.69) is 12.2 Å². The predicted octanol–water partition coefficient (Wildman–Crippen LogP) is 0.975. The maximum atomic E-state index is 12.2. The molecule has 104 valence electrons. The lowest BCUT2D eigenvalue weighted by Gasteiger charge is -2.46. The molecule has 0 saturated heterocycles. The average molecular weight is 256 g/mol. The number of nitrogens with two attached hydrogens (primary N) is 1. The average Bonchev–Trinajstić information content (AvgIpc) is 2.25. The molecule has 0 bridgehead atoms. The molecule has 0 aromatic heterocycles. The highest BCUT2D eigenvalue weighted by Gasteiger charge is 2.45. The molecule has 0 heterocycles. The van der Waals surface area contributed by atoms with Crippen LogP contribution in [-0.2, 0) is 9.59 Å². The number of carbonyl (C=O) groups is 2. The maximum absolute atomic E-state index is 12.2. The van der Waals surface area contributed by atoms with Crippen LogP contribution in [0.2, 0.25) is 0 Å². The van der Waals surface area contributed by atoms with Crippen molar-refractivity contribution in [1.29, 1.82) is 0 Å². The molecule has 1 amide bonds. The first-order valence-electron chi connectivity index (χ1n) is 6.46. The third-order valence-electron chi connectivity index (χ3n) is 4.55. The van der Waals surface area contributed by atoms with E-state index in [0.29, 0.717) is 0 Å². The van der Waals surface area contributed by atoms with Gasteiger partial charge in [-0.25, -0.2) is 0 Å². The van der Waals surface area contributed by atoms with Crippen LogP contribution in [0.1, 0.15) is 40.5 Å². The largest absolute Gasteiger partial charge is 0.480 e. The summed E-state index contributed by atoms with van der Waals surface area (Å²) >= 11 is 0. The quantitative estimate of drug-likeness (QED) is 0.701. The number of aliphatic carboxylic acids is 1. The monoisotopic (exact) mass is 256 g/mol. The molecule has 0 radical (unpaired) electrons. The number of hydrogen-bond donors (Lipinski definition) is 3. The predicted molar refractivity (Wildman–Crippen MR) is 68.9 cm³/mol. The van der Waals surface area contributed by atoms with Crippen molar-refractivity contribution < 1.29 is 14.7 Å². The second-order valence-corrected chi connectivity index (χ2v) is 5.97. The highest BCUT2D eigenvalue weighted by molar-refractivity contribution is 5.85. The van der Waals surface area contributed by atoms with Gasteiger partial charge in [-0.15, -0.1) is 0 Å². The van der Waals surface area contributed by atoms with Crippen molar-refractivity contribution in [2.24, 2.45) is 23.0 Å². The summed E-state index contributed by atoms with van der Waals surface area (Å²) in [6.45, 7) is 7.61. The van der Waals surface area contributed by atoms with Gasteiger partial charge in [-0.2, -0.15) is 0 Å². The van der Waals surface area contributed by atoms with Crippen LogP contribution in [0.15, 0.2) is 0 Å². The summed E-state index contributed by atoms with van der Waals surface area (Å²) in [6, 6.07) is -0.736. The van der Waals surface area contributed by atoms with Crippen molar-refractivity contribution in [3.8, 4) is 0 Å². The molecule has 0 aliphatic heterocycles. The van der Waals surface area contributed by atoms with E-state index in [4.69, 9.17) is 10.8 Å². The second-order valence-electron chi connectivity index (χ2n) is 5.97. The number of hydrogen-bond acceptors (Lipinski definition) is 3. The van der Waals surface area contributed by atoms with Gasteiger partial charge in [0.1, 0.15) is 6.04 Å². The van der Waals surface area contributed by atoms with Crippen molar-refractivity contribution in [3.05, 3.63) is 0 Å².